The molecule has 5 nitrogen and oxygen atoms in total. The summed E-state index contributed by atoms with van der Waals surface area (Å²) in [6.07, 6.45) is 0. The number of methoxy groups -OCH3 is 1. The molecule has 1 saturated heterocycles. The highest BCUT2D eigenvalue weighted by Gasteiger charge is 2.22. The van der Waals surface area contributed by atoms with Gasteiger partial charge in [0.05, 0.1) is 12.7 Å². The first-order chi connectivity index (χ1) is 12.6. The number of hydrogen-bond donors (Lipinski definition) is 0. The average molecular weight is 373 g/mol. The zero-order valence-electron chi connectivity index (χ0n) is 14.7. The first kappa shape index (κ1) is 18.4. The van der Waals surface area contributed by atoms with Crippen molar-refractivity contribution in [2.24, 2.45) is 0 Å². The standard InChI is InChI=1S/C20H21ClN2O3/c1-26-20(25)17-4-2-3-15(13-17)14-22-9-11-23(12-10-22)19(24)16-5-7-18(21)8-6-16/h2-8,13H,9-12,14H2,1H3. The van der Waals surface area contributed by atoms with E-state index in [2.05, 4.69) is 4.90 Å². The summed E-state index contributed by atoms with van der Waals surface area (Å²) in [5.74, 6) is -0.292. The van der Waals surface area contributed by atoms with Gasteiger partial charge in [0.25, 0.3) is 5.91 Å². The summed E-state index contributed by atoms with van der Waals surface area (Å²) >= 11 is 5.88. The van der Waals surface area contributed by atoms with Crippen LogP contribution in [-0.2, 0) is 11.3 Å². The van der Waals surface area contributed by atoms with Crippen molar-refractivity contribution >= 4 is 23.5 Å². The predicted molar refractivity (Wildman–Crippen MR) is 100 cm³/mol. The molecule has 1 aliphatic rings. The Morgan fingerprint density at radius 1 is 1.00 bits per heavy atom. The Balaban J connectivity index is 1.56. The maximum Gasteiger partial charge on any atom is 0.337 e. The fraction of sp³-hybridized carbons (Fsp3) is 0.300. The third-order valence-corrected chi connectivity index (χ3v) is 4.76. The second-order valence-electron chi connectivity index (χ2n) is 6.27. The second kappa shape index (κ2) is 8.34. The van der Waals surface area contributed by atoms with E-state index in [-0.39, 0.29) is 11.9 Å². The maximum atomic E-state index is 12.5. The van der Waals surface area contributed by atoms with Crippen molar-refractivity contribution < 1.29 is 14.3 Å². The molecular formula is C20H21ClN2O3. The third kappa shape index (κ3) is 4.42. The normalized spacial score (nSPS) is 14.9. The number of amides is 1. The van der Waals surface area contributed by atoms with E-state index in [9.17, 15) is 9.59 Å². The predicted octanol–water partition coefficient (Wildman–Crippen LogP) is 3.08. The Morgan fingerprint density at radius 2 is 1.69 bits per heavy atom. The summed E-state index contributed by atoms with van der Waals surface area (Å²) in [6.45, 7) is 3.69. The number of hydrogen-bond acceptors (Lipinski definition) is 4. The highest BCUT2D eigenvalue weighted by Crippen LogP contribution is 2.15. The maximum absolute atomic E-state index is 12.5. The molecule has 26 heavy (non-hydrogen) atoms. The van der Waals surface area contributed by atoms with E-state index in [4.69, 9.17) is 16.3 Å². The molecule has 1 fully saturated rings. The van der Waals surface area contributed by atoms with E-state index < -0.39 is 0 Å². The Labute approximate surface area is 158 Å². The van der Waals surface area contributed by atoms with Crippen LogP contribution in [0.1, 0.15) is 26.3 Å². The van der Waals surface area contributed by atoms with Crippen molar-refractivity contribution in [3.63, 3.8) is 0 Å². The van der Waals surface area contributed by atoms with Gasteiger partial charge in [0.1, 0.15) is 0 Å². The van der Waals surface area contributed by atoms with Gasteiger partial charge in [0.15, 0.2) is 0 Å². The Bertz CT molecular complexity index is 784. The van der Waals surface area contributed by atoms with E-state index in [0.717, 1.165) is 25.2 Å². The first-order valence-corrected chi connectivity index (χ1v) is 8.89. The fourth-order valence-corrected chi connectivity index (χ4v) is 3.18. The van der Waals surface area contributed by atoms with Crippen LogP contribution in [0.4, 0.5) is 0 Å². The number of rotatable bonds is 4. The van der Waals surface area contributed by atoms with Gasteiger partial charge in [0, 0.05) is 43.3 Å². The van der Waals surface area contributed by atoms with Crippen LogP contribution in [0.2, 0.25) is 5.02 Å². The van der Waals surface area contributed by atoms with Gasteiger partial charge in [0.2, 0.25) is 0 Å². The van der Waals surface area contributed by atoms with Crippen molar-refractivity contribution in [3.05, 3.63) is 70.2 Å². The lowest BCUT2D eigenvalue weighted by atomic mass is 10.1. The van der Waals surface area contributed by atoms with Gasteiger partial charge >= 0.3 is 5.97 Å². The van der Waals surface area contributed by atoms with Gasteiger partial charge in [-0.1, -0.05) is 23.7 Å². The molecule has 136 valence electrons. The molecule has 1 heterocycles. The molecule has 0 spiro atoms. The van der Waals surface area contributed by atoms with Crippen LogP contribution in [0, 0.1) is 0 Å². The molecular weight excluding hydrogens is 352 g/mol. The van der Waals surface area contributed by atoms with E-state index >= 15 is 0 Å². The van der Waals surface area contributed by atoms with Crippen LogP contribution >= 0.6 is 11.6 Å². The van der Waals surface area contributed by atoms with E-state index in [1.54, 1.807) is 30.3 Å². The van der Waals surface area contributed by atoms with Crippen LogP contribution in [0.5, 0.6) is 0 Å². The molecule has 0 atom stereocenters. The number of carbonyl (C=O) groups is 2. The molecule has 2 aromatic carbocycles. The van der Waals surface area contributed by atoms with Gasteiger partial charge in [-0.05, 0) is 42.0 Å². The number of carbonyl (C=O) groups excluding carboxylic acids is 2. The lowest BCUT2D eigenvalue weighted by molar-refractivity contribution is 0.0595. The zero-order chi connectivity index (χ0) is 18.5. The largest absolute Gasteiger partial charge is 0.465 e. The summed E-state index contributed by atoms with van der Waals surface area (Å²) in [6, 6.07) is 14.5. The zero-order valence-corrected chi connectivity index (χ0v) is 15.4. The third-order valence-electron chi connectivity index (χ3n) is 4.50. The molecule has 2 aromatic rings. The summed E-state index contributed by atoms with van der Waals surface area (Å²) in [4.78, 5) is 28.3. The summed E-state index contributed by atoms with van der Waals surface area (Å²) in [7, 11) is 1.38. The Morgan fingerprint density at radius 3 is 2.35 bits per heavy atom. The summed E-state index contributed by atoms with van der Waals surface area (Å²) < 4.78 is 4.77. The van der Waals surface area contributed by atoms with Crippen LogP contribution in [-0.4, -0.2) is 55.0 Å². The Kier molecular flexibility index (Phi) is 5.91. The minimum absolute atomic E-state index is 0.0361. The van der Waals surface area contributed by atoms with E-state index in [0.29, 0.717) is 29.2 Å². The number of ether oxygens (including phenoxy) is 1. The first-order valence-electron chi connectivity index (χ1n) is 8.51. The quantitative estimate of drug-likeness (QED) is 0.774. The molecule has 1 amide bonds. The van der Waals surface area contributed by atoms with Gasteiger partial charge in [-0.2, -0.15) is 0 Å². The molecule has 0 radical (unpaired) electrons. The fourth-order valence-electron chi connectivity index (χ4n) is 3.06. The number of nitrogens with zero attached hydrogens (tertiary/aromatic N) is 2. The number of piperazine rings is 1. The minimum Gasteiger partial charge on any atom is -0.465 e. The molecule has 0 aliphatic carbocycles. The van der Waals surface area contributed by atoms with Crippen molar-refractivity contribution in [1.82, 2.24) is 9.80 Å². The highest BCUT2D eigenvalue weighted by molar-refractivity contribution is 6.30. The molecule has 0 unspecified atom stereocenters. The molecule has 0 aromatic heterocycles. The van der Waals surface area contributed by atoms with E-state index in [1.807, 2.05) is 23.1 Å². The van der Waals surface area contributed by atoms with Crippen molar-refractivity contribution in [2.45, 2.75) is 6.54 Å². The van der Waals surface area contributed by atoms with Crippen molar-refractivity contribution in [3.8, 4) is 0 Å². The molecule has 0 N–H and O–H groups in total. The van der Waals surface area contributed by atoms with Crippen LogP contribution in [0.15, 0.2) is 48.5 Å². The molecule has 6 heteroatoms. The van der Waals surface area contributed by atoms with E-state index in [1.165, 1.54) is 7.11 Å². The lowest BCUT2D eigenvalue weighted by Gasteiger charge is -2.34. The SMILES string of the molecule is COC(=O)c1cccc(CN2CCN(C(=O)c3ccc(Cl)cc3)CC2)c1. The number of esters is 1. The van der Waals surface area contributed by atoms with Crippen molar-refractivity contribution in [2.75, 3.05) is 33.3 Å². The summed E-state index contributed by atoms with van der Waals surface area (Å²) in [5, 5.41) is 0.626. The topological polar surface area (TPSA) is 49.9 Å². The van der Waals surface area contributed by atoms with Crippen molar-refractivity contribution in [1.29, 1.82) is 0 Å². The van der Waals surface area contributed by atoms with Gasteiger partial charge in [-0.3, -0.25) is 9.69 Å². The Hall–Kier alpha value is -2.37. The van der Waals surface area contributed by atoms with Gasteiger partial charge in [-0.25, -0.2) is 4.79 Å². The minimum atomic E-state index is -0.328. The van der Waals surface area contributed by atoms with Crippen LogP contribution in [0.25, 0.3) is 0 Å². The van der Waals surface area contributed by atoms with Gasteiger partial charge < -0.3 is 9.64 Å². The highest BCUT2D eigenvalue weighted by atomic mass is 35.5. The molecule has 0 bridgehead atoms. The molecule has 1 aliphatic heterocycles. The van der Waals surface area contributed by atoms with Crippen LogP contribution < -0.4 is 0 Å². The summed E-state index contributed by atoms with van der Waals surface area (Å²) in [5.41, 5.74) is 2.28. The van der Waals surface area contributed by atoms with Crippen LogP contribution in [0.3, 0.4) is 0 Å². The average Bonchev–Trinajstić information content (AvgIpc) is 2.68. The smallest absolute Gasteiger partial charge is 0.337 e. The lowest BCUT2D eigenvalue weighted by Crippen LogP contribution is -2.48. The van der Waals surface area contributed by atoms with Gasteiger partial charge in [-0.15, -0.1) is 0 Å². The molecule has 3 rings (SSSR count). The molecule has 0 saturated carbocycles. The number of halogens is 1. The monoisotopic (exact) mass is 372 g/mol. The second-order valence-corrected chi connectivity index (χ2v) is 6.70. The number of benzene rings is 2.